The number of aromatic amines is 1. The van der Waals surface area contributed by atoms with E-state index in [0.717, 1.165) is 19.4 Å². The van der Waals surface area contributed by atoms with Crippen molar-refractivity contribution in [2.24, 2.45) is 5.92 Å². The average molecular weight is 329 g/mol. The monoisotopic (exact) mass is 328 g/mol. The second kappa shape index (κ2) is 6.29. The van der Waals surface area contributed by atoms with Gasteiger partial charge in [0.2, 0.25) is 5.91 Å². The van der Waals surface area contributed by atoms with Gasteiger partial charge in [0.05, 0.1) is 6.42 Å². The van der Waals surface area contributed by atoms with Gasteiger partial charge in [0.25, 0.3) is 0 Å². The van der Waals surface area contributed by atoms with Crippen LogP contribution in [0.3, 0.4) is 0 Å². The summed E-state index contributed by atoms with van der Waals surface area (Å²) in [5.74, 6) is 0.118. The van der Waals surface area contributed by atoms with Crippen LogP contribution in [-0.2, 0) is 9.59 Å². The van der Waals surface area contributed by atoms with E-state index in [1.54, 1.807) is 6.07 Å². The van der Waals surface area contributed by atoms with Crippen LogP contribution in [0.2, 0.25) is 0 Å². The predicted octanol–water partition coefficient (Wildman–Crippen LogP) is 1.46. The van der Waals surface area contributed by atoms with Gasteiger partial charge in [-0.2, -0.15) is 5.10 Å². The molecule has 19 heavy (non-hydrogen) atoms. The number of nitrogens with zero attached hydrogens (tertiary/aromatic N) is 1. The average Bonchev–Trinajstić information content (AvgIpc) is 2.74. The lowest BCUT2D eigenvalue weighted by Gasteiger charge is -2.26. The molecular weight excluding hydrogens is 312 g/mol. The number of ketones is 1. The standard InChI is InChI=1S/C12H17BrN4O2/c1-7-4-8(2-3-14-7)9(18)5-12(19)15-11-6-10(13)16-17-11/h6-8,14H,2-5H2,1H3,(H2,15,16,17,19)/t7-,8?/m1/s1. The Kier molecular flexibility index (Phi) is 4.71. The zero-order valence-corrected chi connectivity index (χ0v) is 12.3. The molecule has 0 spiro atoms. The summed E-state index contributed by atoms with van der Waals surface area (Å²) in [6, 6.07) is 1.99. The molecule has 0 aliphatic carbocycles. The van der Waals surface area contributed by atoms with Gasteiger partial charge in [-0.3, -0.25) is 14.7 Å². The molecule has 2 atom stereocenters. The van der Waals surface area contributed by atoms with Crippen LogP contribution in [0.25, 0.3) is 0 Å². The van der Waals surface area contributed by atoms with Crippen LogP contribution in [0, 0.1) is 5.92 Å². The van der Waals surface area contributed by atoms with E-state index >= 15 is 0 Å². The summed E-state index contributed by atoms with van der Waals surface area (Å²) in [6.07, 6.45) is 1.53. The van der Waals surface area contributed by atoms with Gasteiger partial charge in [0, 0.05) is 18.0 Å². The highest BCUT2D eigenvalue weighted by Gasteiger charge is 2.26. The van der Waals surface area contributed by atoms with Crippen LogP contribution in [-0.4, -0.2) is 34.5 Å². The van der Waals surface area contributed by atoms with E-state index in [0.29, 0.717) is 16.5 Å². The number of amides is 1. The number of aromatic nitrogens is 2. The normalized spacial score (nSPS) is 23.1. The summed E-state index contributed by atoms with van der Waals surface area (Å²) >= 11 is 3.20. The summed E-state index contributed by atoms with van der Waals surface area (Å²) in [7, 11) is 0. The lowest BCUT2D eigenvalue weighted by molar-refractivity contribution is -0.128. The molecule has 0 aromatic carbocycles. The smallest absolute Gasteiger partial charge is 0.233 e. The van der Waals surface area contributed by atoms with Crippen molar-refractivity contribution in [3.05, 3.63) is 10.7 Å². The predicted molar refractivity (Wildman–Crippen MR) is 74.7 cm³/mol. The number of piperidine rings is 1. The maximum Gasteiger partial charge on any atom is 0.233 e. The number of hydrogen-bond acceptors (Lipinski definition) is 4. The minimum atomic E-state index is -0.310. The molecule has 1 aromatic heterocycles. The van der Waals surface area contributed by atoms with E-state index in [9.17, 15) is 9.59 Å². The summed E-state index contributed by atoms with van der Waals surface area (Å²) in [4.78, 5) is 23.8. The third kappa shape index (κ3) is 4.14. The molecule has 1 amide bonds. The number of hydrogen-bond donors (Lipinski definition) is 3. The number of carbonyl (C=O) groups is 2. The van der Waals surface area contributed by atoms with Gasteiger partial charge in [-0.25, -0.2) is 0 Å². The molecule has 2 heterocycles. The van der Waals surface area contributed by atoms with Gasteiger partial charge in [-0.1, -0.05) is 0 Å². The molecule has 6 nitrogen and oxygen atoms in total. The van der Waals surface area contributed by atoms with Crippen molar-refractivity contribution in [2.75, 3.05) is 11.9 Å². The van der Waals surface area contributed by atoms with Crippen LogP contribution in [0.15, 0.2) is 10.7 Å². The van der Waals surface area contributed by atoms with Gasteiger partial charge >= 0.3 is 0 Å². The zero-order chi connectivity index (χ0) is 13.8. The van der Waals surface area contributed by atoms with Gasteiger partial charge in [-0.05, 0) is 42.2 Å². The minimum absolute atomic E-state index is 0.00656. The first-order chi connectivity index (χ1) is 9.04. The van der Waals surface area contributed by atoms with Crippen molar-refractivity contribution < 1.29 is 9.59 Å². The van der Waals surface area contributed by atoms with Crippen molar-refractivity contribution in [1.82, 2.24) is 15.5 Å². The third-order valence-corrected chi connectivity index (χ3v) is 3.63. The number of carbonyl (C=O) groups excluding carboxylic acids is 2. The molecule has 1 unspecified atom stereocenters. The molecule has 0 bridgehead atoms. The summed E-state index contributed by atoms with van der Waals surface area (Å²) in [5, 5.41) is 12.4. The van der Waals surface area contributed by atoms with Gasteiger partial charge < -0.3 is 10.6 Å². The summed E-state index contributed by atoms with van der Waals surface area (Å²) in [6.45, 7) is 2.90. The number of anilines is 1. The number of H-pyrrole nitrogens is 1. The Morgan fingerprint density at radius 1 is 1.58 bits per heavy atom. The van der Waals surface area contributed by atoms with Crippen molar-refractivity contribution in [1.29, 1.82) is 0 Å². The fourth-order valence-electron chi connectivity index (χ4n) is 2.28. The molecule has 7 heteroatoms. The highest BCUT2D eigenvalue weighted by Crippen LogP contribution is 2.19. The summed E-state index contributed by atoms with van der Waals surface area (Å²) < 4.78 is 0.682. The molecule has 0 radical (unpaired) electrons. The molecule has 1 aliphatic rings. The fourth-order valence-corrected chi connectivity index (χ4v) is 2.58. The fraction of sp³-hybridized carbons (Fsp3) is 0.583. The molecule has 1 aromatic rings. The highest BCUT2D eigenvalue weighted by molar-refractivity contribution is 9.10. The first-order valence-electron chi connectivity index (χ1n) is 6.31. The van der Waals surface area contributed by atoms with Crippen molar-refractivity contribution in [2.45, 2.75) is 32.2 Å². The molecule has 1 fully saturated rings. The number of Topliss-reactive ketones (excluding diaryl/α,β-unsaturated/α-hetero) is 1. The van der Waals surface area contributed by atoms with Crippen LogP contribution >= 0.6 is 15.9 Å². The second-order valence-electron chi connectivity index (χ2n) is 4.87. The van der Waals surface area contributed by atoms with Crippen molar-refractivity contribution >= 4 is 33.4 Å². The maximum absolute atomic E-state index is 12.0. The van der Waals surface area contributed by atoms with E-state index in [1.165, 1.54) is 0 Å². The van der Waals surface area contributed by atoms with E-state index < -0.39 is 0 Å². The first kappa shape index (κ1) is 14.2. The molecule has 0 saturated carbocycles. The Hall–Kier alpha value is -1.21. The van der Waals surface area contributed by atoms with Crippen molar-refractivity contribution in [3.8, 4) is 0 Å². The maximum atomic E-state index is 12.0. The quantitative estimate of drug-likeness (QED) is 0.730. The molecular formula is C12H17BrN4O2. The number of rotatable bonds is 4. The van der Waals surface area contributed by atoms with E-state index in [1.807, 2.05) is 0 Å². The molecule has 2 rings (SSSR count). The van der Waals surface area contributed by atoms with Crippen molar-refractivity contribution in [3.63, 3.8) is 0 Å². The highest BCUT2D eigenvalue weighted by atomic mass is 79.9. The molecule has 104 valence electrons. The SMILES string of the molecule is C[C@@H]1CC(C(=O)CC(=O)Nc2cc(Br)[nH]n2)CCN1. The van der Waals surface area contributed by atoms with E-state index in [-0.39, 0.29) is 24.0 Å². The minimum Gasteiger partial charge on any atom is -0.314 e. The second-order valence-corrected chi connectivity index (χ2v) is 5.72. The van der Waals surface area contributed by atoms with Gasteiger partial charge in [-0.15, -0.1) is 0 Å². The summed E-state index contributed by atoms with van der Waals surface area (Å²) in [5.41, 5.74) is 0. The lowest BCUT2D eigenvalue weighted by atomic mass is 9.88. The van der Waals surface area contributed by atoms with Gasteiger partial charge in [0.15, 0.2) is 5.82 Å². The topological polar surface area (TPSA) is 86.9 Å². The lowest BCUT2D eigenvalue weighted by Crippen LogP contribution is -2.39. The number of halogens is 1. The Morgan fingerprint density at radius 3 is 3.00 bits per heavy atom. The zero-order valence-electron chi connectivity index (χ0n) is 10.7. The van der Waals surface area contributed by atoms with Gasteiger partial charge in [0.1, 0.15) is 10.4 Å². The van der Waals surface area contributed by atoms with Crippen LogP contribution in [0.4, 0.5) is 5.82 Å². The van der Waals surface area contributed by atoms with Crippen LogP contribution in [0.5, 0.6) is 0 Å². The van der Waals surface area contributed by atoms with E-state index in [4.69, 9.17) is 0 Å². The van der Waals surface area contributed by atoms with E-state index in [2.05, 4.69) is 43.7 Å². The Morgan fingerprint density at radius 2 is 2.37 bits per heavy atom. The Labute approximate surface area is 119 Å². The molecule has 1 aliphatic heterocycles. The third-order valence-electron chi connectivity index (χ3n) is 3.23. The van der Waals surface area contributed by atoms with Crippen LogP contribution in [0.1, 0.15) is 26.2 Å². The largest absolute Gasteiger partial charge is 0.314 e. The number of nitrogens with one attached hydrogen (secondary N) is 3. The Bertz CT molecular complexity index is 474. The first-order valence-corrected chi connectivity index (χ1v) is 7.10. The molecule has 3 N–H and O–H groups in total. The Balaban J connectivity index is 1.83. The van der Waals surface area contributed by atoms with Crippen LogP contribution < -0.4 is 10.6 Å². The molecule has 1 saturated heterocycles.